The second-order valence-electron chi connectivity index (χ2n) is 11.7. The normalized spacial score (nSPS) is 15.8. The first-order valence-corrected chi connectivity index (χ1v) is 12.9. The number of carboxylic acids is 1. The summed E-state index contributed by atoms with van der Waals surface area (Å²) >= 11 is 0. The van der Waals surface area contributed by atoms with Gasteiger partial charge in [0.2, 0.25) is 0 Å². The Bertz CT molecular complexity index is 1350. The van der Waals surface area contributed by atoms with Gasteiger partial charge in [-0.15, -0.1) is 0 Å². The molecule has 0 saturated heterocycles. The highest BCUT2D eigenvalue weighted by Gasteiger charge is 2.40. The van der Waals surface area contributed by atoms with Crippen LogP contribution in [0.1, 0.15) is 89.1 Å². The zero-order chi connectivity index (χ0) is 27.0. The summed E-state index contributed by atoms with van der Waals surface area (Å²) in [6.07, 6.45) is 5.50. The number of nitrogens with zero attached hydrogens (tertiary/aromatic N) is 1. The molecule has 1 aliphatic carbocycles. The van der Waals surface area contributed by atoms with Crippen LogP contribution in [0.15, 0.2) is 66.7 Å². The number of carboxylic acid groups (broad SMARTS) is 1. The number of fused-ring (bicyclic) bond motifs is 1. The first-order valence-electron chi connectivity index (χ1n) is 12.9. The second kappa shape index (κ2) is 10.0. The molecule has 3 aromatic carbocycles. The third-order valence-corrected chi connectivity index (χ3v) is 7.72. The van der Waals surface area contributed by atoms with E-state index in [1.165, 1.54) is 22.3 Å². The summed E-state index contributed by atoms with van der Waals surface area (Å²) in [5.41, 5.74) is 7.83. The fraction of sp³-hybridized carbons (Fsp3) is 0.333. The topological polar surface area (TPSA) is 57.6 Å². The van der Waals surface area contributed by atoms with E-state index < -0.39 is 5.97 Å². The van der Waals surface area contributed by atoms with Crippen molar-refractivity contribution in [2.24, 2.45) is 0 Å². The van der Waals surface area contributed by atoms with E-state index in [9.17, 15) is 9.59 Å². The van der Waals surface area contributed by atoms with Crippen LogP contribution in [0.5, 0.6) is 0 Å². The van der Waals surface area contributed by atoms with E-state index in [4.69, 9.17) is 5.11 Å². The molecule has 1 aliphatic rings. The average molecular weight is 496 g/mol. The Kier molecular flexibility index (Phi) is 7.14. The van der Waals surface area contributed by atoms with E-state index in [0.717, 1.165) is 30.6 Å². The lowest BCUT2D eigenvalue weighted by atomic mass is 9.62. The molecule has 37 heavy (non-hydrogen) atoms. The third kappa shape index (κ3) is 5.69. The van der Waals surface area contributed by atoms with Crippen LogP contribution in [0, 0.1) is 6.92 Å². The minimum absolute atomic E-state index is 0.00499. The highest BCUT2D eigenvalue weighted by Crippen LogP contribution is 2.50. The number of carbonyl (C=O) groups is 2. The van der Waals surface area contributed by atoms with Crippen molar-refractivity contribution in [3.05, 3.63) is 106 Å². The van der Waals surface area contributed by atoms with Crippen molar-refractivity contribution in [3.63, 3.8) is 0 Å². The third-order valence-electron chi connectivity index (χ3n) is 7.72. The molecule has 0 aliphatic heterocycles. The molecule has 3 aromatic rings. The Morgan fingerprint density at radius 3 is 2.14 bits per heavy atom. The van der Waals surface area contributed by atoms with E-state index in [1.807, 2.05) is 0 Å². The Balaban J connectivity index is 1.74. The van der Waals surface area contributed by atoms with Gasteiger partial charge in [-0.1, -0.05) is 75.7 Å². The fourth-order valence-electron chi connectivity index (χ4n) is 5.26. The SMILES string of the molecule is Cc1ccc(CN(C)c2cc(C(=O)/C=C/c3ccc(C(=O)O)cc3)cc3c2C(C)(C)CCC3(C)C)cc1. The maximum Gasteiger partial charge on any atom is 0.335 e. The predicted molar refractivity (Wildman–Crippen MR) is 152 cm³/mol. The number of hydrogen-bond acceptors (Lipinski definition) is 3. The molecule has 0 aromatic heterocycles. The van der Waals surface area contributed by atoms with Crippen molar-refractivity contribution in [1.82, 2.24) is 0 Å². The number of carbonyl (C=O) groups excluding carboxylic acids is 1. The molecule has 0 amide bonds. The van der Waals surface area contributed by atoms with Crippen molar-refractivity contribution >= 4 is 23.5 Å². The predicted octanol–water partition coefficient (Wildman–Crippen LogP) is 7.57. The molecule has 4 rings (SSSR count). The molecule has 4 heteroatoms. The van der Waals surface area contributed by atoms with E-state index in [1.54, 1.807) is 36.4 Å². The number of hydrogen-bond donors (Lipinski definition) is 1. The van der Waals surface area contributed by atoms with Crippen LogP contribution in [-0.4, -0.2) is 23.9 Å². The molecule has 0 fully saturated rings. The lowest BCUT2D eigenvalue weighted by Gasteiger charge is -2.44. The summed E-state index contributed by atoms with van der Waals surface area (Å²) in [4.78, 5) is 26.8. The largest absolute Gasteiger partial charge is 0.478 e. The van der Waals surface area contributed by atoms with Crippen molar-refractivity contribution in [1.29, 1.82) is 0 Å². The van der Waals surface area contributed by atoms with Gasteiger partial charge in [-0.25, -0.2) is 4.79 Å². The first-order chi connectivity index (χ1) is 17.4. The number of aromatic carboxylic acids is 1. The first kappa shape index (κ1) is 26.4. The Labute approximate surface area is 220 Å². The zero-order valence-electron chi connectivity index (χ0n) is 22.8. The van der Waals surface area contributed by atoms with Crippen LogP contribution < -0.4 is 4.90 Å². The number of benzene rings is 3. The maximum absolute atomic E-state index is 13.4. The Morgan fingerprint density at radius 2 is 1.51 bits per heavy atom. The highest BCUT2D eigenvalue weighted by molar-refractivity contribution is 6.07. The molecule has 192 valence electrons. The van der Waals surface area contributed by atoms with Crippen LogP contribution >= 0.6 is 0 Å². The summed E-state index contributed by atoms with van der Waals surface area (Å²) in [6, 6.07) is 19.3. The minimum atomic E-state index is -0.964. The number of anilines is 1. The van der Waals surface area contributed by atoms with Crippen LogP contribution in [0.25, 0.3) is 6.08 Å². The van der Waals surface area contributed by atoms with Gasteiger partial charge in [-0.05, 0) is 83.2 Å². The highest BCUT2D eigenvalue weighted by atomic mass is 16.4. The molecule has 4 nitrogen and oxygen atoms in total. The second-order valence-corrected chi connectivity index (χ2v) is 11.7. The van der Waals surface area contributed by atoms with Crippen LogP contribution in [0.3, 0.4) is 0 Å². The van der Waals surface area contributed by atoms with E-state index in [2.05, 4.69) is 83.0 Å². The molecule has 0 saturated carbocycles. The maximum atomic E-state index is 13.4. The smallest absolute Gasteiger partial charge is 0.335 e. The quantitative estimate of drug-likeness (QED) is 0.271. The van der Waals surface area contributed by atoms with Crippen LogP contribution in [-0.2, 0) is 17.4 Å². The van der Waals surface area contributed by atoms with Gasteiger partial charge in [0.05, 0.1) is 5.56 Å². The van der Waals surface area contributed by atoms with Crippen molar-refractivity contribution in [3.8, 4) is 0 Å². The van der Waals surface area contributed by atoms with Gasteiger partial charge in [-0.3, -0.25) is 4.79 Å². The number of allylic oxidation sites excluding steroid dienone is 1. The number of aryl methyl sites for hydroxylation is 1. The van der Waals surface area contributed by atoms with E-state index in [0.29, 0.717) is 5.56 Å². The molecule has 1 N–H and O–H groups in total. The molecular formula is C33H37NO3. The molecule has 0 spiro atoms. The summed E-state index contributed by atoms with van der Waals surface area (Å²) in [6.45, 7) is 12.0. The van der Waals surface area contributed by atoms with Gasteiger partial charge in [0, 0.05) is 24.8 Å². The molecule has 0 bridgehead atoms. The van der Waals surface area contributed by atoms with E-state index in [-0.39, 0.29) is 22.2 Å². The standard InChI is InChI=1S/C33H37NO3/c1-22-7-9-24(10-8-22)21-34(6)28-20-26(19-27-30(28)33(4,5)18-17-32(27,2)3)29(35)16-13-23-11-14-25(15-12-23)31(36)37/h7-16,19-20H,17-18,21H2,1-6H3,(H,36,37)/b16-13+. The monoisotopic (exact) mass is 495 g/mol. The van der Waals surface area contributed by atoms with Gasteiger partial charge in [0.25, 0.3) is 0 Å². The van der Waals surface area contributed by atoms with Crippen molar-refractivity contribution in [2.45, 2.75) is 64.8 Å². The van der Waals surface area contributed by atoms with Gasteiger partial charge >= 0.3 is 5.97 Å². The molecule has 0 heterocycles. The van der Waals surface area contributed by atoms with Gasteiger partial charge < -0.3 is 10.0 Å². The molecule has 0 atom stereocenters. The summed E-state index contributed by atoms with van der Waals surface area (Å²) in [5, 5.41) is 9.12. The Hall–Kier alpha value is -3.66. The van der Waals surface area contributed by atoms with Gasteiger partial charge in [-0.2, -0.15) is 0 Å². The van der Waals surface area contributed by atoms with Crippen LogP contribution in [0.4, 0.5) is 5.69 Å². The molecular weight excluding hydrogens is 458 g/mol. The minimum Gasteiger partial charge on any atom is -0.478 e. The Morgan fingerprint density at radius 1 is 0.892 bits per heavy atom. The summed E-state index contributed by atoms with van der Waals surface area (Å²) in [5.74, 6) is -1.03. The summed E-state index contributed by atoms with van der Waals surface area (Å²) < 4.78 is 0. The summed E-state index contributed by atoms with van der Waals surface area (Å²) in [7, 11) is 2.11. The number of ketones is 1. The van der Waals surface area contributed by atoms with Crippen molar-refractivity contribution in [2.75, 3.05) is 11.9 Å². The van der Waals surface area contributed by atoms with E-state index >= 15 is 0 Å². The average Bonchev–Trinajstić information content (AvgIpc) is 2.86. The zero-order valence-corrected chi connectivity index (χ0v) is 22.8. The fourth-order valence-corrected chi connectivity index (χ4v) is 5.26. The van der Waals surface area contributed by atoms with Gasteiger partial charge in [0.15, 0.2) is 5.78 Å². The van der Waals surface area contributed by atoms with Gasteiger partial charge in [0.1, 0.15) is 0 Å². The van der Waals surface area contributed by atoms with Crippen molar-refractivity contribution < 1.29 is 14.7 Å². The molecule has 0 radical (unpaired) electrons. The number of rotatable bonds is 7. The molecule has 0 unspecified atom stereocenters. The lowest BCUT2D eigenvalue weighted by Crippen LogP contribution is -2.36. The van der Waals surface area contributed by atoms with Crippen LogP contribution in [0.2, 0.25) is 0 Å². The lowest BCUT2D eigenvalue weighted by molar-refractivity contribution is 0.0696.